The maximum absolute atomic E-state index is 5.49. The molecule has 0 fully saturated rings. The summed E-state index contributed by atoms with van der Waals surface area (Å²) in [6.45, 7) is 1.77. The molecule has 82 valence electrons. The highest BCUT2D eigenvalue weighted by Crippen LogP contribution is 2.22. The molecule has 0 spiro atoms. The van der Waals surface area contributed by atoms with Gasteiger partial charge in [-0.15, -0.1) is 6.42 Å². The van der Waals surface area contributed by atoms with Crippen molar-refractivity contribution < 1.29 is 4.74 Å². The third kappa shape index (κ3) is 1.75. The van der Waals surface area contributed by atoms with Crippen molar-refractivity contribution in [3.8, 4) is 18.2 Å². The zero-order chi connectivity index (χ0) is 11.5. The highest BCUT2D eigenvalue weighted by molar-refractivity contribution is 5.80. The van der Waals surface area contributed by atoms with Gasteiger partial charge in [0.1, 0.15) is 5.39 Å². The Labute approximate surface area is 92.4 Å². The van der Waals surface area contributed by atoms with Crippen LogP contribution in [-0.4, -0.2) is 33.3 Å². The fourth-order valence-electron chi connectivity index (χ4n) is 1.21. The van der Waals surface area contributed by atoms with Crippen LogP contribution in [0.25, 0.3) is 11.0 Å². The zero-order valence-corrected chi connectivity index (χ0v) is 8.98. The van der Waals surface area contributed by atoms with Crippen LogP contribution >= 0.6 is 0 Å². The summed E-state index contributed by atoms with van der Waals surface area (Å²) in [4.78, 5) is 8.36. The van der Waals surface area contributed by atoms with Crippen molar-refractivity contribution in [3.05, 3.63) is 6.20 Å². The molecule has 0 bridgehead atoms. The fraction of sp³-hybridized carbons (Fsp3) is 0.300. The van der Waals surface area contributed by atoms with E-state index in [2.05, 4.69) is 31.4 Å². The summed E-state index contributed by atoms with van der Waals surface area (Å²) in [5.74, 6) is 3.35. The molecule has 0 radical (unpaired) electrons. The smallest absolute Gasteiger partial charge is 0.230 e. The Bertz CT molecular complexity index is 542. The Balaban J connectivity index is 2.49. The summed E-state index contributed by atoms with van der Waals surface area (Å²) >= 11 is 0. The van der Waals surface area contributed by atoms with Gasteiger partial charge < -0.3 is 10.1 Å². The number of ether oxygens (including phenoxy) is 1. The van der Waals surface area contributed by atoms with Crippen LogP contribution in [0.3, 0.4) is 0 Å². The van der Waals surface area contributed by atoms with E-state index < -0.39 is 0 Å². The predicted octanol–water partition coefficient (Wildman–Crippen LogP) is 0.795. The SMILES string of the molecule is C#CC(C)Oc1nc(NC)nc2[nH]ncc12. The monoisotopic (exact) mass is 217 g/mol. The highest BCUT2D eigenvalue weighted by Gasteiger charge is 2.11. The number of aromatic nitrogens is 4. The van der Waals surface area contributed by atoms with Crippen molar-refractivity contribution in [1.82, 2.24) is 20.2 Å². The van der Waals surface area contributed by atoms with Crippen molar-refractivity contribution in [2.24, 2.45) is 0 Å². The summed E-state index contributed by atoms with van der Waals surface area (Å²) in [5, 5.41) is 10.2. The van der Waals surface area contributed by atoms with Crippen LogP contribution in [0.2, 0.25) is 0 Å². The maximum Gasteiger partial charge on any atom is 0.230 e. The van der Waals surface area contributed by atoms with Crippen molar-refractivity contribution in [2.75, 3.05) is 12.4 Å². The minimum Gasteiger partial charge on any atom is -0.461 e. The molecule has 0 saturated carbocycles. The molecular weight excluding hydrogens is 206 g/mol. The molecular formula is C10H11N5O. The molecule has 2 heterocycles. The zero-order valence-electron chi connectivity index (χ0n) is 8.98. The van der Waals surface area contributed by atoms with Gasteiger partial charge in [-0.05, 0) is 6.92 Å². The predicted molar refractivity (Wildman–Crippen MR) is 60.2 cm³/mol. The number of terminal acetylenes is 1. The quantitative estimate of drug-likeness (QED) is 0.743. The van der Waals surface area contributed by atoms with Gasteiger partial charge in [-0.2, -0.15) is 15.1 Å². The first-order chi connectivity index (χ1) is 7.74. The molecule has 0 saturated heterocycles. The molecule has 0 aliphatic heterocycles. The lowest BCUT2D eigenvalue weighted by atomic mass is 10.4. The molecule has 0 aliphatic rings. The van der Waals surface area contributed by atoms with Crippen LogP contribution in [0.4, 0.5) is 5.95 Å². The summed E-state index contributed by atoms with van der Waals surface area (Å²) in [7, 11) is 1.73. The van der Waals surface area contributed by atoms with Gasteiger partial charge in [-0.3, -0.25) is 5.10 Å². The van der Waals surface area contributed by atoms with Crippen LogP contribution in [0, 0.1) is 12.3 Å². The average Bonchev–Trinajstić information content (AvgIpc) is 2.76. The molecule has 6 heteroatoms. The second-order valence-electron chi connectivity index (χ2n) is 3.16. The van der Waals surface area contributed by atoms with E-state index in [-0.39, 0.29) is 6.10 Å². The summed E-state index contributed by atoms with van der Waals surface area (Å²) in [5.41, 5.74) is 0.610. The summed E-state index contributed by atoms with van der Waals surface area (Å²) in [6.07, 6.45) is 6.51. The number of aromatic amines is 1. The van der Waals surface area contributed by atoms with Crippen LogP contribution < -0.4 is 10.1 Å². The van der Waals surface area contributed by atoms with E-state index in [0.717, 1.165) is 0 Å². The molecule has 1 atom stereocenters. The Kier molecular flexibility index (Phi) is 2.60. The van der Waals surface area contributed by atoms with E-state index in [1.54, 1.807) is 20.2 Å². The molecule has 1 unspecified atom stereocenters. The number of anilines is 1. The van der Waals surface area contributed by atoms with Crippen molar-refractivity contribution >= 4 is 17.0 Å². The van der Waals surface area contributed by atoms with Gasteiger partial charge in [0.05, 0.1) is 6.20 Å². The van der Waals surface area contributed by atoms with Crippen molar-refractivity contribution in [2.45, 2.75) is 13.0 Å². The lowest BCUT2D eigenvalue weighted by Crippen LogP contribution is -2.10. The third-order valence-electron chi connectivity index (χ3n) is 2.02. The standard InChI is InChI=1S/C10H11N5O/c1-4-6(2)16-9-7-5-12-15-8(7)13-10(11-3)14-9/h1,5-6H,2-3H3,(H2,11,12,13,14,15). The van der Waals surface area contributed by atoms with Gasteiger partial charge in [0, 0.05) is 7.05 Å². The molecule has 0 aromatic carbocycles. The van der Waals surface area contributed by atoms with E-state index in [0.29, 0.717) is 22.9 Å². The topological polar surface area (TPSA) is 75.7 Å². The van der Waals surface area contributed by atoms with Crippen LogP contribution in [0.5, 0.6) is 5.88 Å². The molecule has 0 aliphatic carbocycles. The van der Waals surface area contributed by atoms with Crippen molar-refractivity contribution in [1.29, 1.82) is 0 Å². The Hall–Kier alpha value is -2.29. The Morgan fingerprint density at radius 2 is 2.38 bits per heavy atom. The molecule has 2 aromatic rings. The second-order valence-corrected chi connectivity index (χ2v) is 3.16. The fourth-order valence-corrected chi connectivity index (χ4v) is 1.21. The van der Waals surface area contributed by atoms with E-state index in [1.807, 2.05) is 0 Å². The van der Waals surface area contributed by atoms with Gasteiger partial charge in [0.15, 0.2) is 11.8 Å². The minimum absolute atomic E-state index is 0.349. The number of nitrogens with one attached hydrogen (secondary N) is 2. The Morgan fingerprint density at radius 3 is 3.06 bits per heavy atom. The molecule has 16 heavy (non-hydrogen) atoms. The number of H-pyrrole nitrogens is 1. The largest absolute Gasteiger partial charge is 0.461 e. The molecule has 6 nitrogen and oxygen atoms in total. The molecule has 2 aromatic heterocycles. The van der Waals surface area contributed by atoms with E-state index in [9.17, 15) is 0 Å². The minimum atomic E-state index is -0.349. The lowest BCUT2D eigenvalue weighted by Gasteiger charge is -2.09. The Morgan fingerprint density at radius 1 is 1.56 bits per heavy atom. The highest BCUT2D eigenvalue weighted by atomic mass is 16.5. The lowest BCUT2D eigenvalue weighted by molar-refractivity contribution is 0.272. The van der Waals surface area contributed by atoms with E-state index >= 15 is 0 Å². The number of nitrogens with zero attached hydrogens (tertiary/aromatic N) is 3. The van der Waals surface area contributed by atoms with Crippen LogP contribution in [-0.2, 0) is 0 Å². The number of fused-ring (bicyclic) bond motifs is 1. The van der Waals surface area contributed by atoms with E-state index in [4.69, 9.17) is 11.2 Å². The summed E-state index contributed by atoms with van der Waals surface area (Å²) in [6, 6.07) is 0. The van der Waals surface area contributed by atoms with Crippen molar-refractivity contribution in [3.63, 3.8) is 0 Å². The maximum atomic E-state index is 5.49. The number of rotatable bonds is 3. The van der Waals surface area contributed by atoms with Gasteiger partial charge in [0.25, 0.3) is 0 Å². The average molecular weight is 217 g/mol. The van der Waals surface area contributed by atoms with Gasteiger partial charge in [-0.1, -0.05) is 5.92 Å². The first-order valence-corrected chi connectivity index (χ1v) is 4.76. The molecule has 0 amide bonds. The third-order valence-corrected chi connectivity index (χ3v) is 2.02. The normalized spacial score (nSPS) is 12.1. The van der Waals surface area contributed by atoms with E-state index in [1.165, 1.54) is 0 Å². The van der Waals surface area contributed by atoms with Gasteiger partial charge >= 0.3 is 0 Å². The number of hydrogen-bond acceptors (Lipinski definition) is 5. The number of hydrogen-bond donors (Lipinski definition) is 2. The van der Waals surface area contributed by atoms with Gasteiger partial charge in [0.2, 0.25) is 11.8 Å². The van der Waals surface area contributed by atoms with Crippen LogP contribution in [0.15, 0.2) is 6.20 Å². The molecule has 2 rings (SSSR count). The first kappa shape index (κ1) is 10.2. The van der Waals surface area contributed by atoms with Gasteiger partial charge in [-0.25, -0.2) is 0 Å². The second kappa shape index (κ2) is 4.06. The first-order valence-electron chi connectivity index (χ1n) is 4.76. The molecule has 2 N–H and O–H groups in total. The summed E-state index contributed by atoms with van der Waals surface area (Å²) < 4.78 is 5.49. The van der Waals surface area contributed by atoms with Crippen LogP contribution in [0.1, 0.15) is 6.92 Å².